The summed E-state index contributed by atoms with van der Waals surface area (Å²) >= 11 is 1.22. The molecule has 0 atom stereocenters. The van der Waals surface area contributed by atoms with Crippen LogP contribution in [-0.4, -0.2) is 6.61 Å². The molecule has 0 aliphatic rings. The summed E-state index contributed by atoms with van der Waals surface area (Å²) in [6.07, 6.45) is 0. The van der Waals surface area contributed by atoms with Gasteiger partial charge in [-0.1, -0.05) is 0 Å². The molecule has 0 N–H and O–H groups in total. The molecule has 0 aliphatic heterocycles. The van der Waals surface area contributed by atoms with Gasteiger partial charge in [0, 0.05) is 0 Å². The first-order valence-corrected chi connectivity index (χ1v) is 3.09. The third-order valence-electron chi connectivity index (χ3n) is 0.401. The van der Waals surface area contributed by atoms with Gasteiger partial charge in [-0.25, -0.2) is 0 Å². The van der Waals surface area contributed by atoms with Crippen molar-refractivity contribution in [1.29, 1.82) is 0 Å². The van der Waals surface area contributed by atoms with E-state index in [1.807, 2.05) is 0 Å². The van der Waals surface area contributed by atoms with Crippen molar-refractivity contribution < 1.29 is 40.0 Å². The molecule has 0 aliphatic carbocycles. The number of hydrogen-bond donors (Lipinski definition) is 0. The van der Waals surface area contributed by atoms with Crippen LogP contribution >= 0.6 is 0 Å². The molecule has 0 heterocycles. The normalized spacial score (nSPS) is 9.83. The fraction of sp³-hybridized carbons (Fsp3) is 1.00. The van der Waals surface area contributed by atoms with Gasteiger partial charge < -0.3 is 0 Å². The van der Waals surface area contributed by atoms with E-state index in [1.165, 1.54) is 38.9 Å². The molecule has 1 nitrogen and oxygen atoms in total. The van der Waals surface area contributed by atoms with Crippen molar-refractivity contribution in [1.82, 2.24) is 0 Å². The molecular formula is C4H9OSm. The van der Waals surface area contributed by atoms with E-state index in [4.69, 9.17) is 1.12 Å². The Morgan fingerprint density at radius 2 is 2.17 bits per heavy atom. The average molecular weight is 223 g/mol. The minimum absolute atomic E-state index is 0.697. The zero-order valence-electron chi connectivity index (χ0n) is 4.10. The Bertz CT molecular complexity index is 28.7. The first-order valence-electron chi connectivity index (χ1n) is 2.02. The maximum absolute atomic E-state index is 4.89. The first kappa shape index (κ1) is 7.30. The second kappa shape index (κ2) is 4.46. The van der Waals surface area contributed by atoms with E-state index in [0.29, 0.717) is 5.92 Å². The van der Waals surface area contributed by atoms with Crippen molar-refractivity contribution in [2.75, 3.05) is 6.61 Å². The molecule has 0 rings (SSSR count). The summed E-state index contributed by atoms with van der Waals surface area (Å²) in [5.74, 6) is 0.697. The van der Waals surface area contributed by atoms with Crippen molar-refractivity contribution in [3.05, 3.63) is 0 Å². The molecular weight excluding hydrogens is 214 g/mol. The molecule has 0 aromatic carbocycles. The standard InChI is InChI=1S/C4H9O.Sm/c1-4(2)3-5;/h4H,3H2,1-2H3;/q-1;+1. The Kier molecular flexibility index (Phi) is 5.42. The summed E-state index contributed by atoms with van der Waals surface area (Å²) in [4.78, 5) is 0. The number of hydrogen-bond acceptors (Lipinski definition) is 1. The van der Waals surface area contributed by atoms with Gasteiger partial charge in [0.1, 0.15) is 0 Å². The molecule has 0 spiro atoms. The molecule has 0 saturated carbocycles. The Hall–Kier alpha value is 1.30. The van der Waals surface area contributed by atoms with E-state index in [2.05, 4.69) is 13.8 Å². The SMILES string of the molecule is CC(C)C[O][Sm]. The van der Waals surface area contributed by atoms with Gasteiger partial charge in [-0.3, -0.25) is 0 Å². The van der Waals surface area contributed by atoms with Crippen molar-refractivity contribution >= 4 is 0 Å². The van der Waals surface area contributed by atoms with Crippen molar-refractivity contribution in [2.45, 2.75) is 13.8 Å². The van der Waals surface area contributed by atoms with E-state index in [1.54, 1.807) is 0 Å². The molecule has 0 fully saturated rings. The van der Waals surface area contributed by atoms with Crippen LogP contribution < -0.4 is 0 Å². The van der Waals surface area contributed by atoms with E-state index in [0.717, 1.165) is 6.61 Å². The van der Waals surface area contributed by atoms with Crippen LogP contribution in [0.1, 0.15) is 13.8 Å². The molecule has 6 heavy (non-hydrogen) atoms. The quantitative estimate of drug-likeness (QED) is 0.682. The van der Waals surface area contributed by atoms with Gasteiger partial charge in [0.2, 0.25) is 0 Å². The van der Waals surface area contributed by atoms with Gasteiger partial charge in [0.05, 0.1) is 0 Å². The van der Waals surface area contributed by atoms with Gasteiger partial charge in [0.15, 0.2) is 0 Å². The van der Waals surface area contributed by atoms with Crippen LogP contribution in [0.2, 0.25) is 0 Å². The molecule has 0 bridgehead atoms. The predicted molar refractivity (Wildman–Crippen MR) is 20.8 cm³/mol. The van der Waals surface area contributed by atoms with E-state index in [9.17, 15) is 0 Å². The Balaban J connectivity index is 2.63. The van der Waals surface area contributed by atoms with Crippen LogP contribution in [0.5, 0.6) is 0 Å². The summed E-state index contributed by atoms with van der Waals surface area (Å²) in [5.41, 5.74) is 0. The summed E-state index contributed by atoms with van der Waals surface area (Å²) in [7, 11) is 0. The van der Waals surface area contributed by atoms with Crippen molar-refractivity contribution in [3.63, 3.8) is 0 Å². The van der Waals surface area contributed by atoms with Gasteiger partial charge in [-0.15, -0.1) is 0 Å². The van der Waals surface area contributed by atoms with Gasteiger partial charge in [-0.2, -0.15) is 0 Å². The average Bonchev–Trinajstić information content (AvgIpc) is 1.35. The molecule has 0 unspecified atom stereocenters. The molecule has 0 aromatic heterocycles. The van der Waals surface area contributed by atoms with Crippen molar-refractivity contribution in [3.8, 4) is 0 Å². The zero-order chi connectivity index (χ0) is 4.99. The first-order chi connectivity index (χ1) is 2.77. The monoisotopic (exact) mass is 225 g/mol. The van der Waals surface area contributed by atoms with Gasteiger partial charge >= 0.3 is 66.4 Å². The van der Waals surface area contributed by atoms with Gasteiger partial charge in [-0.05, 0) is 0 Å². The zero-order valence-corrected chi connectivity index (χ0v) is 6.72. The fourth-order valence-corrected chi connectivity index (χ4v) is 1.01. The second-order valence-electron chi connectivity index (χ2n) is 1.68. The maximum atomic E-state index is 4.89. The van der Waals surface area contributed by atoms with E-state index < -0.39 is 0 Å². The summed E-state index contributed by atoms with van der Waals surface area (Å²) in [6.45, 7) is 5.20. The molecule has 0 radical (unpaired) electrons. The summed E-state index contributed by atoms with van der Waals surface area (Å²) in [5, 5.41) is 0. The van der Waals surface area contributed by atoms with Crippen LogP contribution in [0, 0.1) is 44.8 Å². The van der Waals surface area contributed by atoms with Gasteiger partial charge in [0.25, 0.3) is 0 Å². The Morgan fingerprint density at radius 1 is 1.67 bits per heavy atom. The van der Waals surface area contributed by atoms with E-state index >= 15 is 0 Å². The van der Waals surface area contributed by atoms with Crippen LogP contribution in [0.15, 0.2) is 0 Å². The summed E-state index contributed by atoms with van der Waals surface area (Å²) < 4.78 is 4.89. The number of rotatable bonds is 2. The Morgan fingerprint density at radius 3 is 2.17 bits per heavy atom. The molecule has 0 saturated heterocycles. The van der Waals surface area contributed by atoms with Crippen LogP contribution in [0.4, 0.5) is 0 Å². The topological polar surface area (TPSA) is 9.23 Å². The van der Waals surface area contributed by atoms with Crippen LogP contribution in [0.3, 0.4) is 0 Å². The third-order valence-corrected chi connectivity index (χ3v) is 0.838. The Labute approximate surface area is 65.8 Å². The third kappa shape index (κ3) is 5.30. The van der Waals surface area contributed by atoms with Crippen LogP contribution in [-0.2, 0) is 1.12 Å². The minimum atomic E-state index is 0.697. The van der Waals surface area contributed by atoms with E-state index in [-0.39, 0.29) is 0 Å². The second-order valence-corrected chi connectivity index (χ2v) is 2.43. The molecule has 0 amide bonds. The van der Waals surface area contributed by atoms with Crippen molar-refractivity contribution in [2.24, 2.45) is 5.92 Å². The fourth-order valence-electron chi connectivity index (χ4n) is 0.136. The summed E-state index contributed by atoms with van der Waals surface area (Å²) in [6, 6.07) is 0. The van der Waals surface area contributed by atoms with Crippen LogP contribution in [0.25, 0.3) is 0 Å². The molecule has 0 aromatic rings. The predicted octanol–water partition coefficient (Wildman–Crippen LogP) is 1.12. The molecule has 37 valence electrons. The molecule has 2 heteroatoms.